The predicted molar refractivity (Wildman–Crippen MR) is 91.1 cm³/mol. The summed E-state index contributed by atoms with van der Waals surface area (Å²) in [5.41, 5.74) is 6.72. The van der Waals surface area contributed by atoms with Gasteiger partial charge in [0.15, 0.2) is 5.13 Å². The van der Waals surface area contributed by atoms with Gasteiger partial charge >= 0.3 is 0 Å². The van der Waals surface area contributed by atoms with Crippen LogP contribution in [0.3, 0.4) is 0 Å². The average Bonchev–Trinajstić information content (AvgIpc) is 2.87. The summed E-state index contributed by atoms with van der Waals surface area (Å²) in [4.78, 5) is 16.9. The lowest BCUT2D eigenvalue weighted by Gasteiger charge is -2.02. The van der Waals surface area contributed by atoms with Crippen LogP contribution in [0.15, 0.2) is 48.5 Å². The van der Waals surface area contributed by atoms with Gasteiger partial charge in [-0.05, 0) is 30.3 Å². The summed E-state index contributed by atoms with van der Waals surface area (Å²) >= 11 is 7.13. The summed E-state index contributed by atoms with van der Waals surface area (Å²) < 4.78 is 13.2. The Bertz CT molecular complexity index is 881. The number of ketones is 1. The van der Waals surface area contributed by atoms with Crippen LogP contribution in [-0.4, -0.2) is 10.8 Å². The van der Waals surface area contributed by atoms with Crippen LogP contribution < -0.4 is 11.1 Å². The molecule has 0 aliphatic carbocycles. The number of rotatable bonds is 4. The van der Waals surface area contributed by atoms with Crippen molar-refractivity contribution in [2.24, 2.45) is 0 Å². The molecule has 0 fully saturated rings. The molecule has 0 unspecified atom stereocenters. The molecule has 4 nitrogen and oxygen atoms in total. The van der Waals surface area contributed by atoms with Crippen molar-refractivity contribution in [1.82, 2.24) is 4.98 Å². The first kappa shape index (κ1) is 15.5. The predicted octanol–water partition coefficient (Wildman–Crippen LogP) is 4.49. The first-order valence-corrected chi connectivity index (χ1v) is 7.82. The fourth-order valence-corrected chi connectivity index (χ4v) is 3.09. The van der Waals surface area contributed by atoms with E-state index in [1.807, 2.05) is 0 Å². The molecule has 0 amide bonds. The number of carbonyl (C=O) groups is 1. The van der Waals surface area contributed by atoms with Gasteiger partial charge in [-0.2, -0.15) is 0 Å². The number of nitrogens with zero attached hydrogens (tertiary/aromatic N) is 1. The highest BCUT2D eigenvalue weighted by atomic mass is 35.5. The molecule has 0 saturated heterocycles. The minimum absolute atomic E-state index is 0.110. The molecule has 2 aromatic carbocycles. The molecule has 7 heteroatoms. The highest BCUT2D eigenvalue weighted by molar-refractivity contribution is 7.18. The quantitative estimate of drug-likeness (QED) is 0.682. The fraction of sp³-hybridized carbons (Fsp3) is 0. The lowest BCUT2D eigenvalue weighted by molar-refractivity contribution is 0.104. The summed E-state index contributed by atoms with van der Waals surface area (Å²) in [7, 11) is 0. The van der Waals surface area contributed by atoms with Crippen molar-refractivity contribution in [2.75, 3.05) is 11.1 Å². The van der Waals surface area contributed by atoms with E-state index < -0.39 is 0 Å². The molecule has 0 bridgehead atoms. The number of nitrogen functional groups attached to an aromatic ring is 1. The van der Waals surface area contributed by atoms with Crippen molar-refractivity contribution >= 4 is 45.4 Å². The number of anilines is 3. The van der Waals surface area contributed by atoms with Crippen molar-refractivity contribution in [1.29, 1.82) is 0 Å². The van der Waals surface area contributed by atoms with Gasteiger partial charge in [-0.15, -0.1) is 0 Å². The van der Waals surface area contributed by atoms with Gasteiger partial charge in [-0.1, -0.05) is 41.1 Å². The highest BCUT2D eigenvalue weighted by Crippen LogP contribution is 2.31. The Morgan fingerprint density at radius 2 is 2.00 bits per heavy atom. The minimum Gasteiger partial charge on any atom is -0.382 e. The van der Waals surface area contributed by atoms with E-state index in [9.17, 15) is 9.18 Å². The van der Waals surface area contributed by atoms with Crippen LogP contribution in [0.25, 0.3) is 0 Å². The van der Waals surface area contributed by atoms with Gasteiger partial charge < -0.3 is 11.1 Å². The Morgan fingerprint density at radius 3 is 2.74 bits per heavy atom. The van der Waals surface area contributed by atoms with Gasteiger partial charge in [0.05, 0.1) is 5.02 Å². The Balaban J connectivity index is 1.89. The molecule has 1 heterocycles. The molecule has 0 atom stereocenters. The molecule has 3 rings (SSSR count). The topological polar surface area (TPSA) is 68.0 Å². The SMILES string of the molecule is Nc1nc(Nc2cccc(F)c2)sc1C(=O)c1ccccc1Cl. The molecular formula is C16H11ClFN3OS. The lowest BCUT2D eigenvalue weighted by atomic mass is 10.1. The van der Waals surface area contributed by atoms with Gasteiger partial charge in [0.1, 0.15) is 16.5 Å². The number of aromatic nitrogens is 1. The van der Waals surface area contributed by atoms with E-state index >= 15 is 0 Å². The van der Waals surface area contributed by atoms with Crippen molar-refractivity contribution in [3.8, 4) is 0 Å². The standard InChI is InChI=1S/C16H11ClFN3OS/c17-12-7-2-1-6-11(12)13(22)14-15(19)21-16(23-14)20-10-5-3-4-9(18)8-10/h1-8H,19H2,(H,20,21). The Hall–Kier alpha value is -2.44. The molecule has 0 radical (unpaired) electrons. The number of hydrogen-bond acceptors (Lipinski definition) is 5. The van der Waals surface area contributed by atoms with Crippen LogP contribution in [0.2, 0.25) is 5.02 Å². The number of halogens is 2. The van der Waals surface area contributed by atoms with E-state index in [2.05, 4.69) is 10.3 Å². The average molecular weight is 348 g/mol. The van der Waals surface area contributed by atoms with Gasteiger partial charge in [0.25, 0.3) is 0 Å². The molecule has 3 aromatic rings. The number of benzene rings is 2. The molecule has 23 heavy (non-hydrogen) atoms. The zero-order valence-electron chi connectivity index (χ0n) is 11.7. The van der Waals surface area contributed by atoms with E-state index in [4.69, 9.17) is 17.3 Å². The molecule has 0 spiro atoms. The van der Waals surface area contributed by atoms with E-state index in [1.54, 1.807) is 36.4 Å². The van der Waals surface area contributed by atoms with Crippen molar-refractivity contribution in [3.05, 3.63) is 69.8 Å². The maximum Gasteiger partial charge on any atom is 0.208 e. The lowest BCUT2D eigenvalue weighted by Crippen LogP contribution is -2.03. The summed E-state index contributed by atoms with van der Waals surface area (Å²) in [5.74, 6) is -0.552. The monoisotopic (exact) mass is 347 g/mol. The van der Waals surface area contributed by atoms with Crippen LogP contribution in [-0.2, 0) is 0 Å². The van der Waals surface area contributed by atoms with Gasteiger partial charge in [-0.3, -0.25) is 4.79 Å². The summed E-state index contributed by atoms with van der Waals surface area (Å²) in [6, 6.07) is 12.7. The maximum absolute atomic E-state index is 13.2. The second-order valence-corrected chi connectivity index (χ2v) is 6.08. The van der Waals surface area contributed by atoms with Crippen LogP contribution in [0, 0.1) is 5.82 Å². The third-order valence-corrected chi connectivity index (χ3v) is 4.37. The summed E-state index contributed by atoms with van der Waals surface area (Å²) in [6.07, 6.45) is 0. The Morgan fingerprint density at radius 1 is 1.22 bits per heavy atom. The Kier molecular flexibility index (Phi) is 4.27. The normalized spacial score (nSPS) is 10.5. The summed E-state index contributed by atoms with van der Waals surface area (Å²) in [5, 5.41) is 3.69. The first-order chi connectivity index (χ1) is 11.0. The molecule has 0 aliphatic heterocycles. The van der Waals surface area contributed by atoms with Gasteiger partial charge in [0, 0.05) is 11.3 Å². The minimum atomic E-state index is -0.369. The molecule has 1 aromatic heterocycles. The van der Waals surface area contributed by atoms with Crippen LogP contribution >= 0.6 is 22.9 Å². The fourth-order valence-electron chi connectivity index (χ4n) is 2.01. The number of nitrogens with one attached hydrogen (secondary N) is 1. The zero-order valence-corrected chi connectivity index (χ0v) is 13.3. The molecule has 0 aliphatic rings. The third-order valence-electron chi connectivity index (χ3n) is 3.05. The van der Waals surface area contributed by atoms with Gasteiger partial charge in [-0.25, -0.2) is 9.37 Å². The largest absolute Gasteiger partial charge is 0.382 e. The number of hydrogen-bond donors (Lipinski definition) is 2. The van der Waals surface area contributed by atoms with E-state index in [0.717, 1.165) is 11.3 Å². The van der Waals surface area contributed by atoms with Crippen molar-refractivity contribution in [2.45, 2.75) is 0 Å². The first-order valence-electron chi connectivity index (χ1n) is 6.62. The smallest absolute Gasteiger partial charge is 0.208 e. The summed E-state index contributed by atoms with van der Waals surface area (Å²) in [6.45, 7) is 0. The van der Waals surface area contributed by atoms with Crippen LogP contribution in [0.1, 0.15) is 15.2 Å². The molecule has 116 valence electrons. The number of nitrogens with two attached hydrogens (primary N) is 1. The Labute approximate surface area is 140 Å². The number of thiazole rings is 1. The second kappa shape index (κ2) is 6.36. The highest BCUT2D eigenvalue weighted by Gasteiger charge is 2.20. The molecule has 0 saturated carbocycles. The van der Waals surface area contributed by atoms with Crippen LogP contribution in [0.4, 0.5) is 21.0 Å². The maximum atomic E-state index is 13.2. The van der Waals surface area contributed by atoms with E-state index in [-0.39, 0.29) is 22.3 Å². The van der Waals surface area contributed by atoms with E-state index in [1.165, 1.54) is 12.1 Å². The van der Waals surface area contributed by atoms with Gasteiger partial charge in [0.2, 0.25) is 5.78 Å². The van der Waals surface area contributed by atoms with Crippen molar-refractivity contribution < 1.29 is 9.18 Å². The third kappa shape index (κ3) is 3.33. The van der Waals surface area contributed by atoms with Crippen LogP contribution in [0.5, 0.6) is 0 Å². The number of carbonyl (C=O) groups excluding carboxylic acids is 1. The second-order valence-electron chi connectivity index (χ2n) is 4.68. The zero-order chi connectivity index (χ0) is 16.4. The molecular weight excluding hydrogens is 337 g/mol. The van der Waals surface area contributed by atoms with Crippen molar-refractivity contribution in [3.63, 3.8) is 0 Å². The molecule has 3 N–H and O–H groups in total. The van der Waals surface area contributed by atoms with E-state index in [0.29, 0.717) is 21.4 Å².